The zero-order valence-corrected chi connectivity index (χ0v) is 6.65. The molecule has 5 heteroatoms. The van der Waals surface area contributed by atoms with Gasteiger partial charge in [-0.15, -0.1) is 0 Å². The number of phenols is 1. The van der Waals surface area contributed by atoms with Crippen LogP contribution >= 0.6 is 0 Å². The number of hydrogen-bond acceptors (Lipinski definition) is 4. The van der Waals surface area contributed by atoms with Gasteiger partial charge in [-0.2, -0.15) is 0 Å². The van der Waals surface area contributed by atoms with Crippen LogP contribution in [0.2, 0.25) is 0 Å². The van der Waals surface area contributed by atoms with Gasteiger partial charge in [0.05, 0.1) is 7.11 Å². The lowest BCUT2D eigenvalue weighted by molar-refractivity contribution is 0.370. The summed E-state index contributed by atoms with van der Waals surface area (Å²) in [4.78, 5) is 0. The number of hydrogen-bond donors (Lipinski definition) is 2. The molecule has 1 aromatic carbocycles. The normalized spacial score (nSPS) is 9.17. The maximum Gasteiger partial charge on any atom is 0.504 e. The van der Waals surface area contributed by atoms with Crippen LogP contribution in [0.25, 0.3) is 0 Å². The van der Waals surface area contributed by atoms with Crippen LogP contribution in [0.5, 0.6) is 17.2 Å². The third-order valence-corrected chi connectivity index (χ3v) is 1.38. The van der Waals surface area contributed by atoms with E-state index in [2.05, 4.69) is 0 Å². The van der Waals surface area contributed by atoms with E-state index >= 15 is 0 Å². The van der Waals surface area contributed by atoms with Crippen molar-refractivity contribution >= 4 is 7.69 Å². The molecule has 4 nitrogen and oxygen atoms in total. The molecule has 0 aromatic heterocycles. The monoisotopic (exact) mass is 168 g/mol. The molecule has 0 unspecified atom stereocenters. The van der Waals surface area contributed by atoms with Gasteiger partial charge in [-0.05, 0) is 12.1 Å². The Balaban J connectivity index is 2.86. The van der Waals surface area contributed by atoms with Gasteiger partial charge in [0.25, 0.3) is 0 Å². The van der Waals surface area contributed by atoms with Gasteiger partial charge in [0.2, 0.25) is 0 Å². The van der Waals surface area contributed by atoms with E-state index in [0.29, 0.717) is 11.5 Å². The molecule has 1 aromatic rings. The first-order valence-corrected chi connectivity index (χ1v) is 3.38. The van der Waals surface area contributed by atoms with Crippen LogP contribution < -0.4 is 9.39 Å². The molecular formula is C7H9BO4. The van der Waals surface area contributed by atoms with Gasteiger partial charge in [-0.1, -0.05) is 0 Å². The SMILES string of the molecule is COc1ccc(OBO)cc1O. The number of benzene rings is 1. The average molecular weight is 168 g/mol. The second-order valence-electron chi connectivity index (χ2n) is 2.11. The summed E-state index contributed by atoms with van der Waals surface area (Å²) < 4.78 is 9.54. The highest BCUT2D eigenvalue weighted by Crippen LogP contribution is 2.29. The average Bonchev–Trinajstić information content (AvgIpc) is 2.05. The summed E-state index contributed by atoms with van der Waals surface area (Å²) in [5, 5.41) is 17.6. The number of rotatable bonds is 3. The molecule has 12 heavy (non-hydrogen) atoms. The molecule has 64 valence electrons. The van der Waals surface area contributed by atoms with Crippen molar-refractivity contribution in [2.75, 3.05) is 7.11 Å². The molecular weight excluding hydrogens is 159 g/mol. The standard InChI is InChI=1S/C7H9BO4/c1-11-7-3-2-5(12-8-10)4-6(7)9/h2-4,8-10H,1H3. The summed E-state index contributed by atoms with van der Waals surface area (Å²) in [7, 11) is 1.05. The number of methoxy groups -OCH3 is 1. The van der Waals surface area contributed by atoms with Crippen LogP contribution in [0.1, 0.15) is 0 Å². The highest BCUT2D eigenvalue weighted by Gasteiger charge is 2.02. The van der Waals surface area contributed by atoms with Crippen LogP contribution in [0.15, 0.2) is 18.2 Å². The second-order valence-corrected chi connectivity index (χ2v) is 2.11. The fourth-order valence-corrected chi connectivity index (χ4v) is 0.834. The van der Waals surface area contributed by atoms with Gasteiger partial charge in [-0.3, -0.25) is 0 Å². The first kappa shape index (κ1) is 8.74. The first-order chi connectivity index (χ1) is 5.77. The zero-order chi connectivity index (χ0) is 8.97. The van der Waals surface area contributed by atoms with Crippen molar-refractivity contribution in [3.63, 3.8) is 0 Å². The predicted octanol–water partition coefficient (Wildman–Crippen LogP) is 0.0384. The van der Waals surface area contributed by atoms with Crippen molar-refractivity contribution in [3.05, 3.63) is 18.2 Å². The van der Waals surface area contributed by atoms with Gasteiger partial charge in [0.1, 0.15) is 5.75 Å². The topological polar surface area (TPSA) is 58.9 Å². The van der Waals surface area contributed by atoms with E-state index in [1.807, 2.05) is 0 Å². The minimum absolute atomic E-state index is 0.0107. The summed E-state index contributed by atoms with van der Waals surface area (Å²) in [6.07, 6.45) is 0. The van der Waals surface area contributed by atoms with Crippen LogP contribution in [-0.4, -0.2) is 24.9 Å². The zero-order valence-electron chi connectivity index (χ0n) is 6.65. The Morgan fingerprint density at radius 1 is 1.42 bits per heavy atom. The van der Waals surface area contributed by atoms with E-state index in [0.717, 1.165) is 0 Å². The molecule has 1 rings (SSSR count). The predicted molar refractivity (Wildman–Crippen MR) is 44.7 cm³/mol. The van der Waals surface area contributed by atoms with Crippen LogP contribution in [-0.2, 0) is 0 Å². The summed E-state index contributed by atoms with van der Waals surface area (Å²) in [6, 6.07) is 4.52. The summed E-state index contributed by atoms with van der Waals surface area (Å²) in [5.41, 5.74) is 0. The molecule has 0 spiro atoms. The van der Waals surface area contributed by atoms with E-state index in [1.165, 1.54) is 13.2 Å². The van der Waals surface area contributed by atoms with Gasteiger partial charge < -0.3 is 19.5 Å². The highest BCUT2D eigenvalue weighted by molar-refractivity contribution is 6.17. The number of phenolic OH excluding ortho intramolecular Hbond substituents is 1. The number of aromatic hydroxyl groups is 1. The van der Waals surface area contributed by atoms with Crippen molar-refractivity contribution < 1.29 is 19.5 Å². The first-order valence-electron chi connectivity index (χ1n) is 3.38. The second kappa shape index (κ2) is 3.87. The maximum atomic E-state index is 9.23. The molecule has 0 aliphatic rings. The minimum Gasteiger partial charge on any atom is -0.539 e. The Morgan fingerprint density at radius 2 is 2.17 bits per heavy atom. The van der Waals surface area contributed by atoms with E-state index in [4.69, 9.17) is 14.4 Å². The van der Waals surface area contributed by atoms with Crippen LogP contribution in [0, 0.1) is 0 Å². The molecule has 2 N–H and O–H groups in total. The highest BCUT2D eigenvalue weighted by atomic mass is 16.5. The summed E-state index contributed by atoms with van der Waals surface area (Å²) in [6.45, 7) is 0. The van der Waals surface area contributed by atoms with Crippen molar-refractivity contribution in [2.45, 2.75) is 0 Å². The summed E-state index contributed by atoms with van der Waals surface area (Å²) >= 11 is 0. The molecule has 0 fully saturated rings. The van der Waals surface area contributed by atoms with Gasteiger partial charge in [0.15, 0.2) is 11.5 Å². The molecule has 0 heterocycles. The Hall–Kier alpha value is -1.36. The maximum absolute atomic E-state index is 9.23. The van der Waals surface area contributed by atoms with Crippen molar-refractivity contribution in [2.24, 2.45) is 0 Å². The third-order valence-electron chi connectivity index (χ3n) is 1.38. The Kier molecular flexibility index (Phi) is 2.82. The van der Waals surface area contributed by atoms with E-state index < -0.39 is 7.69 Å². The Morgan fingerprint density at radius 3 is 2.67 bits per heavy atom. The molecule has 0 atom stereocenters. The van der Waals surface area contributed by atoms with E-state index in [1.54, 1.807) is 12.1 Å². The fraction of sp³-hybridized carbons (Fsp3) is 0.143. The molecule has 0 aliphatic carbocycles. The van der Waals surface area contributed by atoms with Crippen molar-refractivity contribution in [1.82, 2.24) is 0 Å². The van der Waals surface area contributed by atoms with Crippen molar-refractivity contribution in [1.29, 1.82) is 0 Å². The number of ether oxygens (including phenoxy) is 1. The lowest BCUT2D eigenvalue weighted by Gasteiger charge is -2.05. The minimum atomic E-state index is -0.411. The van der Waals surface area contributed by atoms with E-state index in [9.17, 15) is 5.11 Å². The van der Waals surface area contributed by atoms with Gasteiger partial charge in [-0.25, -0.2) is 0 Å². The molecule has 0 saturated carbocycles. The van der Waals surface area contributed by atoms with Crippen molar-refractivity contribution in [3.8, 4) is 17.2 Å². The van der Waals surface area contributed by atoms with Crippen LogP contribution in [0.3, 0.4) is 0 Å². The third kappa shape index (κ3) is 1.82. The molecule has 0 amide bonds. The molecule has 0 radical (unpaired) electrons. The van der Waals surface area contributed by atoms with Crippen LogP contribution in [0.4, 0.5) is 0 Å². The Labute approximate surface area is 70.7 Å². The molecule has 0 aliphatic heterocycles. The molecule has 0 saturated heterocycles. The van der Waals surface area contributed by atoms with Gasteiger partial charge in [0, 0.05) is 6.07 Å². The smallest absolute Gasteiger partial charge is 0.504 e. The summed E-state index contributed by atoms with van der Waals surface area (Å²) in [5.74, 6) is 0.763. The lowest BCUT2D eigenvalue weighted by atomic mass is 10.3. The lowest BCUT2D eigenvalue weighted by Crippen LogP contribution is -1.99. The molecule has 0 bridgehead atoms. The largest absolute Gasteiger partial charge is 0.539 e. The quantitative estimate of drug-likeness (QED) is 0.625. The Bertz CT molecular complexity index is 264. The fourth-order valence-electron chi connectivity index (χ4n) is 0.834. The van der Waals surface area contributed by atoms with Gasteiger partial charge >= 0.3 is 7.69 Å². The van der Waals surface area contributed by atoms with E-state index in [-0.39, 0.29) is 5.75 Å².